The first-order valence-corrected chi connectivity index (χ1v) is 7.89. The monoisotopic (exact) mass is 346 g/mol. The van der Waals surface area contributed by atoms with Crippen molar-refractivity contribution in [3.8, 4) is 0 Å². The summed E-state index contributed by atoms with van der Waals surface area (Å²) in [6.45, 7) is 6.06. The Kier molecular flexibility index (Phi) is 5.05. The summed E-state index contributed by atoms with van der Waals surface area (Å²) >= 11 is 0. The van der Waals surface area contributed by atoms with Gasteiger partial charge in [-0.25, -0.2) is 4.79 Å². The lowest BCUT2D eigenvalue weighted by atomic mass is 9.89. The Labute approximate surface area is 126 Å². The Bertz CT molecular complexity index is 576. The smallest absolute Gasteiger partial charge is 0.477 e. The molecule has 0 amide bonds. The molecule has 0 bridgehead atoms. The molecular formula is C12H17F3O6S. The van der Waals surface area contributed by atoms with Gasteiger partial charge in [-0.15, -0.1) is 0 Å². The second-order valence-electron chi connectivity index (χ2n) is 5.06. The van der Waals surface area contributed by atoms with Crippen LogP contribution in [0.5, 0.6) is 0 Å². The minimum absolute atomic E-state index is 0.0534. The van der Waals surface area contributed by atoms with Crippen LogP contribution in [0, 0.1) is 5.92 Å². The standard InChI is InChI=1S/C12H17F3O6S/c1-5-7-8(21-22(17,18)12(13,14)15)9(10(16)19-6-2)20-11(7,3)4/h7H,5-6H2,1-4H3/t7-/m0/s1. The van der Waals surface area contributed by atoms with Gasteiger partial charge in [0.25, 0.3) is 0 Å². The van der Waals surface area contributed by atoms with Crippen LogP contribution >= 0.6 is 0 Å². The number of hydrogen-bond donors (Lipinski definition) is 0. The molecule has 1 heterocycles. The first-order valence-electron chi connectivity index (χ1n) is 6.48. The van der Waals surface area contributed by atoms with Gasteiger partial charge in [-0.2, -0.15) is 21.6 Å². The largest absolute Gasteiger partial charge is 0.534 e. The molecule has 0 fully saturated rings. The predicted molar refractivity (Wildman–Crippen MR) is 68.7 cm³/mol. The minimum Gasteiger partial charge on any atom is -0.477 e. The van der Waals surface area contributed by atoms with Crippen LogP contribution in [0.2, 0.25) is 0 Å². The number of halogens is 3. The predicted octanol–water partition coefficient (Wildman–Crippen LogP) is 2.46. The molecule has 128 valence electrons. The Morgan fingerprint density at radius 1 is 1.32 bits per heavy atom. The third kappa shape index (κ3) is 3.47. The average Bonchev–Trinajstić information content (AvgIpc) is 2.58. The Morgan fingerprint density at radius 3 is 2.27 bits per heavy atom. The van der Waals surface area contributed by atoms with Crippen molar-refractivity contribution in [3.63, 3.8) is 0 Å². The van der Waals surface area contributed by atoms with Gasteiger partial charge in [0.15, 0.2) is 5.76 Å². The summed E-state index contributed by atoms with van der Waals surface area (Å²) in [5.41, 5.74) is -6.71. The van der Waals surface area contributed by atoms with E-state index in [1.165, 1.54) is 20.8 Å². The van der Waals surface area contributed by atoms with Gasteiger partial charge in [0, 0.05) is 0 Å². The summed E-state index contributed by atoms with van der Waals surface area (Å²) in [7, 11) is -5.90. The second kappa shape index (κ2) is 5.98. The van der Waals surface area contributed by atoms with Crippen LogP contribution in [0.1, 0.15) is 34.1 Å². The van der Waals surface area contributed by atoms with Crippen LogP contribution in [0.3, 0.4) is 0 Å². The number of alkyl halides is 3. The van der Waals surface area contributed by atoms with Crippen molar-refractivity contribution in [1.29, 1.82) is 0 Å². The molecule has 0 aliphatic carbocycles. The Balaban J connectivity index is 3.32. The van der Waals surface area contributed by atoms with Crippen molar-refractivity contribution >= 4 is 16.1 Å². The van der Waals surface area contributed by atoms with E-state index >= 15 is 0 Å². The van der Waals surface area contributed by atoms with Crippen LogP contribution in [-0.2, 0) is 28.6 Å². The van der Waals surface area contributed by atoms with Gasteiger partial charge in [-0.1, -0.05) is 6.92 Å². The van der Waals surface area contributed by atoms with Gasteiger partial charge in [-0.05, 0) is 27.2 Å². The molecule has 0 unspecified atom stereocenters. The Morgan fingerprint density at radius 2 is 1.86 bits per heavy atom. The molecule has 10 heteroatoms. The molecule has 1 aliphatic heterocycles. The number of esters is 1. The van der Waals surface area contributed by atoms with E-state index in [0.717, 1.165) is 0 Å². The molecule has 0 aromatic rings. The fourth-order valence-electron chi connectivity index (χ4n) is 2.14. The minimum atomic E-state index is -5.90. The zero-order valence-electron chi connectivity index (χ0n) is 12.5. The summed E-state index contributed by atoms with van der Waals surface area (Å²) in [5, 5.41) is 0. The van der Waals surface area contributed by atoms with Crippen LogP contribution in [-0.4, -0.2) is 32.1 Å². The maximum Gasteiger partial charge on any atom is 0.534 e. The van der Waals surface area contributed by atoms with E-state index in [1.54, 1.807) is 6.92 Å². The number of ether oxygens (including phenoxy) is 2. The molecule has 0 radical (unpaired) electrons. The lowest BCUT2D eigenvalue weighted by molar-refractivity contribution is -0.144. The molecule has 0 saturated carbocycles. The molecule has 1 rings (SSSR count). The molecule has 0 aromatic heterocycles. The third-order valence-electron chi connectivity index (χ3n) is 3.10. The third-order valence-corrected chi connectivity index (χ3v) is 4.06. The van der Waals surface area contributed by atoms with Crippen molar-refractivity contribution in [2.24, 2.45) is 5.92 Å². The normalized spacial score (nSPS) is 21.5. The number of rotatable bonds is 5. The number of carbonyl (C=O) groups is 1. The van der Waals surface area contributed by atoms with E-state index in [1.807, 2.05) is 0 Å². The van der Waals surface area contributed by atoms with Crippen molar-refractivity contribution in [1.82, 2.24) is 0 Å². The number of carbonyl (C=O) groups excluding carboxylic acids is 1. The van der Waals surface area contributed by atoms with E-state index in [-0.39, 0.29) is 13.0 Å². The molecule has 0 aromatic carbocycles. The zero-order chi connectivity index (χ0) is 17.3. The molecule has 6 nitrogen and oxygen atoms in total. The maximum atomic E-state index is 12.5. The first-order chi connectivity index (χ1) is 9.87. The molecule has 0 N–H and O–H groups in total. The molecular weight excluding hydrogens is 329 g/mol. The van der Waals surface area contributed by atoms with Crippen LogP contribution in [0.25, 0.3) is 0 Å². The van der Waals surface area contributed by atoms with Crippen LogP contribution in [0.15, 0.2) is 11.5 Å². The van der Waals surface area contributed by atoms with Gasteiger partial charge in [0.1, 0.15) is 5.60 Å². The Hall–Kier alpha value is -1.45. The molecule has 1 atom stereocenters. The summed E-state index contributed by atoms with van der Waals surface area (Å²) in [4.78, 5) is 11.8. The highest BCUT2D eigenvalue weighted by Crippen LogP contribution is 2.44. The highest BCUT2D eigenvalue weighted by atomic mass is 32.2. The summed E-state index contributed by atoms with van der Waals surface area (Å²) in [6, 6.07) is 0. The maximum absolute atomic E-state index is 12.5. The molecule has 0 spiro atoms. The second-order valence-corrected chi connectivity index (χ2v) is 6.60. The van der Waals surface area contributed by atoms with E-state index < -0.39 is 44.6 Å². The summed E-state index contributed by atoms with van der Waals surface area (Å²) in [6.07, 6.45) is 0.207. The van der Waals surface area contributed by atoms with Crippen molar-refractivity contribution < 1.29 is 40.0 Å². The van der Waals surface area contributed by atoms with Crippen molar-refractivity contribution in [2.75, 3.05) is 6.61 Å². The van der Waals surface area contributed by atoms with Gasteiger partial charge < -0.3 is 13.7 Å². The zero-order valence-corrected chi connectivity index (χ0v) is 13.3. The fourth-order valence-corrected chi connectivity index (χ4v) is 2.66. The SMILES string of the molecule is CCOC(=O)C1=C(OS(=O)(=O)C(F)(F)F)[C@H](CC)C(C)(C)O1. The van der Waals surface area contributed by atoms with Crippen molar-refractivity contribution in [3.05, 3.63) is 11.5 Å². The molecule has 1 aliphatic rings. The highest BCUT2D eigenvalue weighted by Gasteiger charge is 2.54. The average molecular weight is 346 g/mol. The van der Waals surface area contributed by atoms with Gasteiger partial charge >= 0.3 is 21.6 Å². The van der Waals surface area contributed by atoms with Crippen molar-refractivity contribution in [2.45, 2.75) is 45.2 Å². The van der Waals surface area contributed by atoms with E-state index in [4.69, 9.17) is 4.74 Å². The lowest BCUT2D eigenvalue weighted by Crippen LogP contribution is -2.32. The first kappa shape index (κ1) is 18.6. The van der Waals surface area contributed by atoms with Gasteiger partial charge in [0.2, 0.25) is 5.76 Å². The summed E-state index contributed by atoms with van der Waals surface area (Å²) in [5.74, 6) is -3.24. The van der Waals surface area contributed by atoms with Crippen LogP contribution in [0.4, 0.5) is 13.2 Å². The topological polar surface area (TPSA) is 78.9 Å². The fraction of sp³-hybridized carbons (Fsp3) is 0.750. The van der Waals surface area contributed by atoms with Crippen LogP contribution < -0.4 is 0 Å². The molecule has 22 heavy (non-hydrogen) atoms. The number of hydrogen-bond acceptors (Lipinski definition) is 6. The van der Waals surface area contributed by atoms with E-state index in [0.29, 0.717) is 0 Å². The highest BCUT2D eigenvalue weighted by molar-refractivity contribution is 7.87. The lowest BCUT2D eigenvalue weighted by Gasteiger charge is -2.26. The summed E-state index contributed by atoms with van der Waals surface area (Å²) < 4.78 is 74.1. The van der Waals surface area contributed by atoms with E-state index in [2.05, 4.69) is 8.92 Å². The van der Waals surface area contributed by atoms with E-state index in [9.17, 15) is 26.4 Å². The van der Waals surface area contributed by atoms with Gasteiger partial charge in [-0.3, -0.25) is 0 Å². The quantitative estimate of drug-likeness (QED) is 0.432. The molecule has 0 saturated heterocycles. The van der Waals surface area contributed by atoms with Gasteiger partial charge in [0.05, 0.1) is 12.5 Å².